The lowest BCUT2D eigenvalue weighted by atomic mass is 10.1. The second-order valence-electron chi connectivity index (χ2n) is 5.64. The van der Waals surface area contributed by atoms with Crippen LogP contribution in [0.3, 0.4) is 0 Å². The van der Waals surface area contributed by atoms with Crippen molar-refractivity contribution in [1.29, 1.82) is 0 Å². The summed E-state index contributed by atoms with van der Waals surface area (Å²) in [6, 6.07) is 14.8. The number of benzene rings is 2. The summed E-state index contributed by atoms with van der Waals surface area (Å²) in [5, 5.41) is 3.77. The topological polar surface area (TPSA) is 67.0 Å². The van der Waals surface area contributed by atoms with Crippen LogP contribution in [0.15, 0.2) is 53.3 Å². The van der Waals surface area contributed by atoms with E-state index >= 15 is 0 Å². The smallest absolute Gasteiger partial charge is 0.256 e. The zero-order chi connectivity index (χ0) is 17.8. The van der Waals surface area contributed by atoms with Crippen molar-refractivity contribution in [3.8, 4) is 5.75 Å². The number of methoxy groups -OCH3 is 1. The highest BCUT2D eigenvalue weighted by Crippen LogP contribution is 2.18. The van der Waals surface area contributed by atoms with Crippen LogP contribution < -0.4 is 15.6 Å². The molecule has 0 atom stereocenters. The zero-order valence-corrected chi connectivity index (χ0v) is 14.7. The molecule has 25 heavy (non-hydrogen) atoms. The molecule has 3 aromatic rings. The van der Waals surface area contributed by atoms with Crippen LogP contribution in [0.2, 0.25) is 5.02 Å². The van der Waals surface area contributed by atoms with E-state index in [1.807, 2.05) is 55.5 Å². The van der Waals surface area contributed by atoms with Crippen molar-refractivity contribution in [2.75, 3.05) is 12.4 Å². The Kier molecular flexibility index (Phi) is 5.05. The summed E-state index contributed by atoms with van der Waals surface area (Å²) in [4.78, 5) is 19.7. The van der Waals surface area contributed by atoms with Gasteiger partial charge in [0.05, 0.1) is 12.8 Å². The quantitative estimate of drug-likeness (QED) is 0.723. The molecule has 0 bridgehead atoms. The molecule has 0 aliphatic rings. The van der Waals surface area contributed by atoms with Gasteiger partial charge in [-0.15, -0.1) is 0 Å². The Morgan fingerprint density at radius 1 is 1.12 bits per heavy atom. The summed E-state index contributed by atoms with van der Waals surface area (Å²) in [6.07, 6.45) is 0.508. The molecule has 128 valence electrons. The van der Waals surface area contributed by atoms with E-state index < -0.39 is 0 Å². The Balaban J connectivity index is 1.81. The highest BCUT2D eigenvalue weighted by Gasteiger charge is 2.09. The van der Waals surface area contributed by atoms with Gasteiger partial charge in [0.2, 0.25) is 5.95 Å². The number of halogens is 1. The maximum absolute atomic E-state index is 12.4. The Bertz CT molecular complexity index is 919. The number of H-pyrrole nitrogens is 1. The number of hydrogen-bond donors (Lipinski definition) is 2. The molecule has 3 rings (SSSR count). The van der Waals surface area contributed by atoms with Gasteiger partial charge in [-0.1, -0.05) is 23.7 Å². The summed E-state index contributed by atoms with van der Waals surface area (Å²) in [5.74, 6) is 1.18. The molecule has 6 heteroatoms. The molecule has 0 aliphatic carbocycles. The van der Waals surface area contributed by atoms with Gasteiger partial charge in [0.25, 0.3) is 5.56 Å². The lowest BCUT2D eigenvalue weighted by Gasteiger charge is -2.10. The first-order valence-electron chi connectivity index (χ1n) is 7.80. The molecule has 0 fully saturated rings. The summed E-state index contributed by atoms with van der Waals surface area (Å²) >= 11 is 5.90. The van der Waals surface area contributed by atoms with Gasteiger partial charge in [-0.3, -0.25) is 9.78 Å². The molecule has 1 aromatic heterocycles. The van der Waals surface area contributed by atoms with Crippen molar-refractivity contribution in [1.82, 2.24) is 9.97 Å². The number of nitrogens with one attached hydrogen (secondary N) is 2. The van der Waals surface area contributed by atoms with Gasteiger partial charge in [-0.25, -0.2) is 4.98 Å². The Hall–Kier alpha value is -2.79. The van der Waals surface area contributed by atoms with Crippen LogP contribution in [0.4, 0.5) is 11.6 Å². The third-order valence-electron chi connectivity index (χ3n) is 3.87. The van der Waals surface area contributed by atoms with Gasteiger partial charge in [0.1, 0.15) is 5.75 Å². The van der Waals surface area contributed by atoms with Gasteiger partial charge in [-0.05, 0) is 48.9 Å². The van der Waals surface area contributed by atoms with Crippen LogP contribution in [-0.2, 0) is 6.42 Å². The molecule has 2 N–H and O–H groups in total. The summed E-state index contributed by atoms with van der Waals surface area (Å²) < 4.78 is 5.13. The van der Waals surface area contributed by atoms with Crippen LogP contribution in [0.1, 0.15) is 16.8 Å². The third kappa shape index (κ3) is 4.19. The number of aromatic nitrogens is 2. The minimum Gasteiger partial charge on any atom is -0.497 e. The van der Waals surface area contributed by atoms with Crippen molar-refractivity contribution in [2.24, 2.45) is 0 Å². The van der Waals surface area contributed by atoms with Crippen LogP contribution in [0.5, 0.6) is 5.75 Å². The minimum absolute atomic E-state index is 0.154. The van der Waals surface area contributed by atoms with Gasteiger partial charge < -0.3 is 10.1 Å². The predicted octanol–water partition coefficient (Wildman–Crippen LogP) is 4.07. The Morgan fingerprint density at radius 3 is 2.40 bits per heavy atom. The lowest BCUT2D eigenvalue weighted by molar-refractivity contribution is 0.415. The van der Waals surface area contributed by atoms with Crippen molar-refractivity contribution in [3.63, 3.8) is 0 Å². The molecule has 1 heterocycles. The van der Waals surface area contributed by atoms with Gasteiger partial charge in [-0.2, -0.15) is 0 Å². The fourth-order valence-corrected chi connectivity index (χ4v) is 2.62. The second-order valence-corrected chi connectivity index (χ2v) is 6.07. The first-order valence-corrected chi connectivity index (χ1v) is 8.18. The number of ether oxygens (including phenoxy) is 1. The summed E-state index contributed by atoms with van der Waals surface area (Å²) in [5.41, 5.74) is 3.00. The fraction of sp³-hybridized carbons (Fsp3) is 0.158. The number of anilines is 2. The van der Waals surface area contributed by atoms with Crippen molar-refractivity contribution in [3.05, 3.63) is 80.7 Å². The molecule has 0 amide bonds. The third-order valence-corrected chi connectivity index (χ3v) is 4.12. The van der Waals surface area contributed by atoms with Crippen LogP contribution in [-0.4, -0.2) is 17.1 Å². The molecule has 0 saturated carbocycles. The zero-order valence-electron chi connectivity index (χ0n) is 14.0. The SMILES string of the molecule is COc1ccc(Nc2nc(C)c(Cc3ccc(Cl)cc3)c(=O)[nH]2)cc1. The maximum atomic E-state index is 12.4. The average Bonchev–Trinajstić information content (AvgIpc) is 2.60. The van der Waals surface area contributed by atoms with Gasteiger partial charge in [0.15, 0.2) is 0 Å². The second kappa shape index (κ2) is 7.40. The normalized spacial score (nSPS) is 10.5. The molecular formula is C19H18ClN3O2. The van der Waals surface area contributed by atoms with Crippen molar-refractivity contribution >= 4 is 23.2 Å². The first-order chi connectivity index (χ1) is 12.0. The standard InChI is InChI=1S/C19H18ClN3O2/c1-12-17(11-13-3-5-14(20)6-4-13)18(24)23-19(21-12)22-15-7-9-16(25-2)10-8-15/h3-10H,11H2,1-2H3,(H2,21,22,23,24). The minimum atomic E-state index is -0.154. The number of hydrogen-bond acceptors (Lipinski definition) is 4. The summed E-state index contributed by atoms with van der Waals surface area (Å²) in [7, 11) is 1.62. The van der Waals surface area contributed by atoms with E-state index in [0.717, 1.165) is 17.0 Å². The van der Waals surface area contributed by atoms with Gasteiger partial charge >= 0.3 is 0 Å². The first kappa shape index (κ1) is 17.0. The van der Waals surface area contributed by atoms with E-state index in [0.29, 0.717) is 28.6 Å². The lowest BCUT2D eigenvalue weighted by Crippen LogP contribution is -2.18. The van der Waals surface area contributed by atoms with Crippen LogP contribution in [0, 0.1) is 6.92 Å². The maximum Gasteiger partial charge on any atom is 0.256 e. The van der Waals surface area contributed by atoms with E-state index in [9.17, 15) is 4.79 Å². The molecule has 0 unspecified atom stereocenters. The number of nitrogens with zero attached hydrogens (tertiary/aromatic N) is 1. The molecule has 2 aromatic carbocycles. The largest absolute Gasteiger partial charge is 0.497 e. The molecule has 0 aliphatic heterocycles. The summed E-state index contributed by atoms with van der Waals surface area (Å²) in [6.45, 7) is 1.83. The monoisotopic (exact) mass is 355 g/mol. The molecule has 5 nitrogen and oxygen atoms in total. The Morgan fingerprint density at radius 2 is 1.80 bits per heavy atom. The van der Waals surface area contributed by atoms with Crippen molar-refractivity contribution < 1.29 is 4.74 Å². The fourth-order valence-electron chi connectivity index (χ4n) is 2.50. The van der Waals surface area contributed by atoms with E-state index in [1.54, 1.807) is 7.11 Å². The average molecular weight is 356 g/mol. The van der Waals surface area contributed by atoms with Crippen molar-refractivity contribution in [2.45, 2.75) is 13.3 Å². The molecule has 0 spiro atoms. The predicted molar refractivity (Wildman–Crippen MR) is 100 cm³/mol. The van der Waals surface area contributed by atoms with Crippen LogP contribution >= 0.6 is 11.6 Å². The van der Waals surface area contributed by atoms with Crippen LogP contribution in [0.25, 0.3) is 0 Å². The van der Waals surface area contributed by atoms with Gasteiger partial charge in [0, 0.05) is 22.7 Å². The number of aryl methyl sites for hydroxylation is 1. The highest BCUT2D eigenvalue weighted by molar-refractivity contribution is 6.30. The van der Waals surface area contributed by atoms with E-state index in [-0.39, 0.29) is 5.56 Å². The molecule has 0 saturated heterocycles. The van der Waals surface area contributed by atoms with E-state index in [1.165, 1.54) is 0 Å². The number of rotatable bonds is 5. The van der Waals surface area contributed by atoms with E-state index in [4.69, 9.17) is 16.3 Å². The molecule has 0 radical (unpaired) electrons. The number of aromatic amines is 1. The highest BCUT2D eigenvalue weighted by atomic mass is 35.5. The van der Waals surface area contributed by atoms with E-state index in [2.05, 4.69) is 15.3 Å². The molecular weight excluding hydrogens is 338 g/mol. The Labute approximate surface area is 150 Å².